The van der Waals surface area contributed by atoms with Crippen LogP contribution in [0.1, 0.15) is 18.9 Å². The Hall–Kier alpha value is -2.42. The van der Waals surface area contributed by atoms with E-state index in [-0.39, 0.29) is 10.9 Å². The van der Waals surface area contributed by atoms with Crippen LogP contribution < -0.4 is 4.74 Å². The summed E-state index contributed by atoms with van der Waals surface area (Å²) >= 11 is 6.03. The molecule has 0 N–H and O–H groups in total. The molecule has 0 spiro atoms. The summed E-state index contributed by atoms with van der Waals surface area (Å²) in [5.41, 5.74) is 0.990. The minimum absolute atomic E-state index is 0.0974. The van der Waals surface area contributed by atoms with Gasteiger partial charge in [0.1, 0.15) is 17.0 Å². The molecule has 0 radical (unpaired) electrons. The Balaban J connectivity index is 1.54. The number of rotatable bonds is 5. The third kappa shape index (κ3) is 3.88. The van der Waals surface area contributed by atoms with Crippen molar-refractivity contribution in [1.82, 2.24) is 19.1 Å². The summed E-state index contributed by atoms with van der Waals surface area (Å²) in [6, 6.07) is 14.6. The van der Waals surface area contributed by atoms with Crippen molar-refractivity contribution in [1.29, 1.82) is 0 Å². The number of hydrogen-bond acceptors (Lipinski definition) is 5. The van der Waals surface area contributed by atoms with Crippen molar-refractivity contribution in [3.8, 4) is 17.1 Å². The van der Waals surface area contributed by atoms with Gasteiger partial charge < -0.3 is 9.30 Å². The normalized spacial score (nSPS) is 16.1. The predicted molar refractivity (Wildman–Crippen MR) is 110 cm³/mol. The number of sulfonamides is 1. The zero-order chi connectivity index (χ0) is 20.4. The lowest BCUT2D eigenvalue weighted by molar-refractivity contribution is 0.274. The van der Waals surface area contributed by atoms with Gasteiger partial charge in [0.2, 0.25) is 10.0 Å². The van der Waals surface area contributed by atoms with Crippen molar-refractivity contribution >= 4 is 21.6 Å². The van der Waals surface area contributed by atoms with Crippen molar-refractivity contribution in [2.45, 2.75) is 23.8 Å². The maximum absolute atomic E-state index is 13.2. The quantitative estimate of drug-likeness (QED) is 0.615. The molecule has 7 nitrogen and oxygen atoms in total. The summed E-state index contributed by atoms with van der Waals surface area (Å²) in [6.07, 6.45) is 3.05. The number of aromatic nitrogens is 3. The molecule has 0 saturated carbocycles. The highest BCUT2D eigenvalue weighted by molar-refractivity contribution is 7.89. The molecule has 1 saturated heterocycles. The molecule has 29 heavy (non-hydrogen) atoms. The van der Waals surface area contributed by atoms with E-state index in [2.05, 4.69) is 10.2 Å². The van der Waals surface area contributed by atoms with Gasteiger partial charge in [0.25, 0.3) is 0 Å². The van der Waals surface area contributed by atoms with E-state index in [1.165, 1.54) is 17.5 Å². The van der Waals surface area contributed by atoms with E-state index in [1.54, 1.807) is 18.5 Å². The number of halogens is 1. The molecule has 152 valence electrons. The molecular formula is C20H21ClN4O3S. The molecule has 0 atom stereocenters. The summed E-state index contributed by atoms with van der Waals surface area (Å²) in [5.74, 6) is 1.09. The van der Waals surface area contributed by atoms with Crippen LogP contribution in [0.15, 0.2) is 59.8 Å². The molecule has 0 amide bonds. The molecular weight excluding hydrogens is 412 g/mol. The maximum Gasteiger partial charge on any atom is 0.246 e. The zero-order valence-corrected chi connectivity index (χ0v) is 17.5. The summed E-state index contributed by atoms with van der Waals surface area (Å²) in [7, 11) is -2.25. The first-order chi connectivity index (χ1) is 14.0. The number of piperidine rings is 1. The molecule has 1 aromatic heterocycles. The summed E-state index contributed by atoms with van der Waals surface area (Å²) < 4.78 is 35.1. The van der Waals surface area contributed by atoms with Crippen LogP contribution >= 0.6 is 11.6 Å². The molecule has 4 rings (SSSR count). The minimum Gasteiger partial charge on any atom is -0.495 e. The van der Waals surface area contributed by atoms with Gasteiger partial charge in [-0.25, -0.2) is 8.42 Å². The van der Waals surface area contributed by atoms with Crippen molar-refractivity contribution in [2.75, 3.05) is 20.2 Å². The average molecular weight is 433 g/mol. The van der Waals surface area contributed by atoms with E-state index in [4.69, 9.17) is 16.3 Å². The number of nitrogens with zero attached hydrogens (tertiary/aromatic N) is 4. The number of ether oxygens (including phenoxy) is 1. The van der Waals surface area contributed by atoms with Crippen LogP contribution in [-0.4, -0.2) is 47.7 Å². The van der Waals surface area contributed by atoms with Crippen LogP contribution in [0.5, 0.6) is 5.75 Å². The predicted octanol–water partition coefficient (Wildman–Crippen LogP) is 3.63. The lowest BCUT2D eigenvalue weighted by Crippen LogP contribution is -2.39. The fourth-order valence-electron chi connectivity index (χ4n) is 3.66. The largest absolute Gasteiger partial charge is 0.495 e. The second-order valence-corrected chi connectivity index (χ2v) is 9.20. The van der Waals surface area contributed by atoms with Crippen LogP contribution in [0.25, 0.3) is 11.4 Å². The standard InChI is InChI=1S/C20H21ClN4O3S/c1-28-18-8-7-16(21)13-19(18)29(26,27)24-11-9-17(10-12-24)25-14-22-23-20(25)15-5-3-2-4-6-15/h2-8,13-14,17H,9-12H2,1H3. The highest BCUT2D eigenvalue weighted by atomic mass is 35.5. The zero-order valence-electron chi connectivity index (χ0n) is 15.9. The monoisotopic (exact) mass is 432 g/mol. The minimum atomic E-state index is -3.70. The van der Waals surface area contributed by atoms with Gasteiger partial charge in [0.15, 0.2) is 5.82 Å². The lowest BCUT2D eigenvalue weighted by atomic mass is 10.1. The molecule has 1 aliphatic rings. The van der Waals surface area contributed by atoms with Crippen molar-refractivity contribution in [3.05, 3.63) is 59.9 Å². The Morgan fingerprint density at radius 3 is 2.52 bits per heavy atom. The molecule has 1 aliphatic heterocycles. The van der Waals surface area contributed by atoms with E-state index < -0.39 is 10.0 Å². The van der Waals surface area contributed by atoms with Crippen LogP contribution in [0.2, 0.25) is 5.02 Å². The number of benzene rings is 2. The van der Waals surface area contributed by atoms with Crippen LogP contribution in [-0.2, 0) is 10.0 Å². The Kier molecular flexibility index (Phi) is 5.58. The Labute approximate surface area is 174 Å². The van der Waals surface area contributed by atoms with Crippen molar-refractivity contribution in [2.24, 2.45) is 0 Å². The van der Waals surface area contributed by atoms with Crippen LogP contribution in [0.4, 0.5) is 0 Å². The Morgan fingerprint density at radius 2 is 1.83 bits per heavy atom. The maximum atomic E-state index is 13.2. The average Bonchev–Trinajstić information content (AvgIpc) is 3.24. The highest BCUT2D eigenvalue weighted by Crippen LogP contribution is 2.33. The van der Waals surface area contributed by atoms with Gasteiger partial charge in [0.05, 0.1) is 7.11 Å². The molecule has 2 heterocycles. The number of hydrogen-bond donors (Lipinski definition) is 0. The van der Waals surface area contributed by atoms with Gasteiger partial charge in [-0.15, -0.1) is 10.2 Å². The number of methoxy groups -OCH3 is 1. The summed E-state index contributed by atoms with van der Waals surface area (Å²) in [4.78, 5) is 0.0974. The summed E-state index contributed by atoms with van der Waals surface area (Å²) in [5, 5.41) is 8.69. The smallest absolute Gasteiger partial charge is 0.246 e. The molecule has 2 aromatic carbocycles. The summed E-state index contributed by atoms with van der Waals surface area (Å²) in [6.45, 7) is 0.796. The fraction of sp³-hybridized carbons (Fsp3) is 0.300. The van der Waals surface area contributed by atoms with Gasteiger partial charge >= 0.3 is 0 Å². The second-order valence-electron chi connectivity index (χ2n) is 6.86. The highest BCUT2D eigenvalue weighted by Gasteiger charge is 2.33. The van der Waals surface area contributed by atoms with Crippen LogP contribution in [0.3, 0.4) is 0 Å². The van der Waals surface area contributed by atoms with Gasteiger partial charge in [-0.3, -0.25) is 0 Å². The third-order valence-corrected chi connectivity index (χ3v) is 7.32. The lowest BCUT2D eigenvalue weighted by Gasteiger charge is -2.32. The van der Waals surface area contributed by atoms with Gasteiger partial charge in [-0.05, 0) is 31.0 Å². The van der Waals surface area contributed by atoms with Crippen molar-refractivity contribution < 1.29 is 13.2 Å². The van der Waals surface area contributed by atoms with Gasteiger partial charge in [-0.2, -0.15) is 4.31 Å². The van der Waals surface area contributed by atoms with E-state index in [9.17, 15) is 8.42 Å². The SMILES string of the molecule is COc1ccc(Cl)cc1S(=O)(=O)N1CCC(n2cnnc2-c2ccccc2)CC1. The van der Waals surface area contributed by atoms with E-state index in [0.29, 0.717) is 36.7 Å². The first-order valence-corrected chi connectivity index (χ1v) is 11.1. The van der Waals surface area contributed by atoms with E-state index in [1.807, 2.05) is 34.9 Å². The van der Waals surface area contributed by atoms with Crippen molar-refractivity contribution in [3.63, 3.8) is 0 Å². The topological polar surface area (TPSA) is 77.3 Å². The molecule has 1 fully saturated rings. The van der Waals surface area contributed by atoms with E-state index >= 15 is 0 Å². The molecule has 9 heteroatoms. The second kappa shape index (κ2) is 8.14. The Bertz CT molecular complexity index is 1090. The van der Waals surface area contributed by atoms with Gasteiger partial charge in [-0.1, -0.05) is 41.9 Å². The Morgan fingerprint density at radius 1 is 1.10 bits per heavy atom. The van der Waals surface area contributed by atoms with Crippen LogP contribution in [0, 0.1) is 0 Å². The molecule has 0 aliphatic carbocycles. The molecule has 0 bridgehead atoms. The third-order valence-electron chi connectivity index (χ3n) is 5.17. The van der Waals surface area contributed by atoms with E-state index in [0.717, 1.165) is 11.4 Å². The first kappa shape index (κ1) is 19.9. The first-order valence-electron chi connectivity index (χ1n) is 9.29. The molecule has 3 aromatic rings. The molecule has 0 unspecified atom stereocenters. The van der Waals surface area contributed by atoms with Gasteiger partial charge in [0, 0.05) is 29.7 Å². The fourth-order valence-corrected chi connectivity index (χ4v) is 5.54.